The molecule has 1 aliphatic heterocycles. The molecule has 1 aromatic rings. The van der Waals surface area contributed by atoms with E-state index in [0.717, 1.165) is 12.1 Å². The largest absolute Gasteiger partial charge is 0.508 e. The van der Waals surface area contributed by atoms with Gasteiger partial charge in [0.2, 0.25) is 23.6 Å². The lowest BCUT2D eigenvalue weighted by Crippen LogP contribution is -2.58. The molecule has 41 heavy (non-hydrogen) atoms. The minimum atomic E-state index is -1.29. The summed E-state index contributed by atoms with van der Waals surface area (Å²) in [7, 11) is 0. The van der Waals surface area contributed by atoms with Crippen LogP contribution < -0.4 is 21.7 Å². The van der Waals surface area contributed by atoms with Crippen molar-refractivity contribution in [2.45, 2.75) is 83.5 Å². The molecule has 1 heterocycles. The number of benzene rings is 1. The van der Waals surface area contributed by atoms with Crippen molar-refractivity contribution in [1.82, 2.24) is 20.9 Å². The second-order valence-electron chi connectivity index (χ2n) is 10.1. The molecular formula is C27H39N5O9. The van der Waals surface area contributed by atoms with E-state index in [1.807, 2.05) is 6.92 Å². The molecule has 0 radical (unpaired) electrons. The van der Waals surface area contributed by atoms with Gasteiger partial charge in [-0.25, -0.2) is 4.79 Å². The Balaban J connectivity index is 2.25. The molecule has 0 unspecified atom stereocenters. The van der Waals surface area contributed by atoms with E-state index in [4.69, 9.17) is 5.73 Å². The third kappa shape index (κ3) is 8.82. The SMILES string of the molecule is CC[C@H](NC(=O)[C@@H](NC(=O)[C@@H]1CCCN1C(=O)[C@H](CCC(N)=O)NC(=O)c1cc(O)ccc1O)[C@@H](C)CC)C(=O)O. The molecule has 14 heteroatoms. The van der Waals surface area contributed by atoms with Crippen LogP contribution in [0.15, 0.2) is 18.2 Å². The summed E-state index contributed by atoms with van der Waals surface area (Å²) in [6.45, 7) is 5.31. The zero-order chi connectivity index (χ0) is 30.9. The normalized spacial score (nSPS) is 17.5. The van der Waals surface area contributed by atoms with Crippen molar-refractivity contribution in [3.05, 3.63) is 23.8 Å². The highest BCUT2D eigenvalue weighted by molar-refractivity contribution is 6.01. The van der Waals surface area contributed by atoms with Crippen molar-refractivity contribution in [3.8, 4) is 11.5 Å². The van der Waals surface area contributed by atoms with Gasteiger partial charge in [-0.05, 0) is 49.8 Å². The Morgan fingerprint density at radius 3 is 2.29 bits per heavy atom. The summed E-state index contributed by atoms with van der Waals surface area (Å²) >= 11 is 0. The first-order chi connectivity index (χ1) is 19.3. The van der Waals surface area contributed by atoms with Gasteiger partial charge >= 0.3 is 5.97 Å². The maximum atomic E-state index is 13.6. The van der Waals surface area contributed by atoms with Crippen LogP contribution in [0.25, 0.3) is 0 Å². The van der Waals surface area contributed by atoms with Gasteiger partial charge in [-0.2, -0.15) is 0 Å². The van der Waals surface area contributed by atoms with Gasteiger partial charge in [-0.15, -0.1) is 0 Å². The van der Waals surface area contributed by atoms with Crippen LogP contribution in [0.1, 0.15) is 69.7 Å². The number of nitrogens with two attached hydrogens (primary N) is 1. The molecule has 0 aromatic heterocycles. The molecule has 1 aromatic carbocycles. The van der Waals surface area contributed by atoms with E-state index in [2.05, 4.69) is 16.0 Å². The molecule has 0 aliphatic carbocycles. The second kappa shape index (κ2) is 14.9. The zero-order valence-corrected chi connectivity index (χ0v) is 23.4. The first-order valence-electron chi connectivity index (χ1n) is 13.6. The van der Waals surface area contributed by atoms with E-state index in [-0.39, 0.29) is 49.5 Å². The first-order valence-corrected chi connectivity index (χ1v) is 13.6. The fraction of sp³-hybridized carbons (Fsp3) is 0.556. The van der Waals surface area contributed by atoms with Crippen LogP contribution in [-0.4, -0.2) is 86.4 Å². The standard InChI is InChI=1S/C27H39N5O9/c1-4-14(3)22(25(38)29-17(5-2)27(40)41)31-24(37)19-7-6-12-32(19)26(39)18(9-11-21(28)35)30-23(36)16-13-15(33)8-10-20(16)34/h8,10,13-14,17-19,22,33-34H,4-7,9,11-12H2,1-3H3,(H2,28,35)(H,29,38)(H,30,36)(H,31,37)(H,40,41)/t14-,17-,18-,19-,22-/m0/s1. The highest BCUT2D eigenvalue weighted by Crippen LogP contribution is 2.24. The van der Waals surface area contributed by atoms with E-state index in [0.29, 0.717) is 12.8 Å². The summed E-state index contributed by atoms with van der Waals surface area (Å²) in [6, 6.07) is -1.18. The number of carboxylic acids is 1. The number of rotatable bonds is 14. The number of nitrogens with zero attached hydrogens (tertiary/aromatic N) is 1. The number of carbonyl (C=O) groups is 6. The Morgan fingerprint density at radius 1 is 1.02 bits per heavy atom. The summed E-state index contributed by atoms with van der Waals surface area (Å²) in [6.07, 6.45) is 0.917. The summed E-state index contributed by atoms with van der Waals surface area (Å²) < 4.78 is 0. The van der Waals surface area contributed by atoms with Gasteiger partial charge in [0.05, 0.1) is 5.56 Å². The fourth-order valence-corrected chi connectivity index (χ4v) is 4.54. The smallest absolute Gasteiger partial charge is 0.326 e. The Morgan fingerprint density at radius 2 is 1.71 bits per heavy atom. The number of aromatic hydroxyl groups is 2. The molecule has 1 aliphatic rings. The number of carbonyl (C=O) groups excluding carboxylic acids is 5. The predicted molar refractivity (Wildman–Crippen MR) is 145 cm³/mol. The minimum absolute atomic E-state index is 0.145. The number of phenols is 2. The molecule has 0 saturated carbocycles. The summed E-state index contributed by atoms with van der Waals surface area (Å²) in [4.78, 5) is 76.9. The number of primary amides is 1. The Bertz CT molecular complexity index is 1160. The minimum Gasteiger partial charge on any atom is -0.508 e. The molecule has 2 rings (SSSR count). The van der Waals surface area contributed by atoms with Crippen molar-refractivity contribution in [2.24, 2.45) is 11.7 Å². The number of carboxylic acid groups (broad SMARTS) is 1. The van der Waals surface area contributed by atoms with Crippen LogP contribution in [0.5, 0.6) is 11.5 Å². The molecule has 226 valence electrons. The van der Waals surface area contributed by atoms with Gasteiger partial charge in [0, 0.05) is 13.0 Å². The summed E-state index contributed by atoms with van der Waals surface area (Å²) in [5, 5.41) is 36.6. The lowest BCUT2D eigenvalue weighted by Gasteiger charge is -2.31. The van der Waals surface area contributed by atoms with E-state index >= 15 is 0 Å². The van der Waals surface area contributed by atoms with Crippen molar-refractivity contribution in [2.75, 3.05) is 6.54 Å². The van der Waals surface area contributed by atoms with E-state index < -0.39 is 65.4 Å². The number of hydrogen-bond acceptors (Lipinski definition) is 8. The van der Waals surface area contributed by atoms with Crippen LogP contribution in [-0.2, 0) is 24.0 Å². The van der Waals surface area contributed by atoms with Gasteiger partial charge in [0.15, 0.2) is 0 Å². The van der Waals surface area contributed by atoms with Crippen LogP contribution in [0.2, 0.25) is 0 Å². The van der Waals surface area contributed by atoms with Crippen molar-refractivity contribution >= 4 is 35.5 Å². The van der Waals surface area contributed by atoms with Crippen molar-refractivity contribution < 1.29 is 44.1 Å². The molecule has 14 nitrogen and oxygen atoms in total. The third-order valence-corrected chi connectivity index (χ3v) is 7.16. The van der Waals surface area contributed by atoms with E-state index in [9.17, 15) is 44.1 Å². The fourth-order valence-electron chi connectivity index (χ4n) is 4.54. The predicted octanol–water partition coefficient (Wildman–Crippen LogP) is -0.0370. The number of nitrogens with one attached hydrogen (secondary N) is 3. The number of phenolic OH excluding ortho intramolecular Hbond substituents is 2. The molecule has 5 amide bonds. The highest BCUT2D eigenvalue weighted by atomic mass is 16.4. The first kappa shape index (κ1) is 32.8. The number of likely N-dealkylation sites (tertiary alicyclic amines) is 1. The van der Waals surface area contributed by atoms with Crippen LogP contribution in [0.3, 0.4) is 0 Å². The van der Waals surface area contributed by atoms with Gasteiger partial charge in [-0.3, -0.25) is 24.0 Å². The van der Waals surface area contributed by atoms with E-state index in [1.54, 1.807) is 13.8 Å². The van der Waals surface area contributed by atoms with Gasteiger partial charge in [0.25, 0.3) is 5.91 Å². The second-order valence-corrected chi connectivity index (χ2v) is 10.1. The van der Waals surface area contributed by atoms with Gasteiger partial charge < -0.3 is 41.9 Å². The zero-order valence-electron chi connectivity index (χ0n) is 23.4. The van der Waals surface area contributed by atoms with Crippen molar-refractivity contribution in [3.63, 3.8) is 0 Å². The molecule has 1 fully saturated rings. The van der Waals surface area contributed by atoms with Crippen LogP contribution in [0, 0.1) is 5.92 Å². The maximum absolute atomic E-state index is 13.6. The Hall–Kier alpha value is -4.36. The molecular weight excluding hydrogens is 538 g/mol. The summed E-state index contributed by atoms with van der Waals surface area (Å²) in [5.74, 6) is -5.85. The van der Waals surface area contributed by atoms with Crippen molar-refractivity contribution in [1.29, 1.82) is 0 Å². The number of hydrogen-bond donors (Lipinski definition) is 7. The van der Waals surface area contributed by atoms with Gasteiger partial charge in [-0.1, -0.05) is 27.2 Å². The average Bonchev–Trinajstić information content (AvgIpc) is 3.42. The average molecular weight is 578 g/mol. The Labute approximate surface area is 237 Å². The Kier molecular flexibility index (Phi) is 11.9. The molecule has 5 atom stereocenters. The van der Waals surface area contributed by atoms with Crippen LogP contribution in [0.4, 0.5) is 0 Å². The third-order valence-electron chi connectivity index (χ3n) is 7.16. The summed E-state index contributed by atoms with van der Waals surface area (Å²) in [5.41, 5.74) is 4.96. The maximum Gasteiger partial charge on any atom is 0.326 e. The molecule has 1 saturated heterocycles. The molecule has 0 spiro atoms. The number of aliphatic carboxylic acids is 1. The molecule has 0 bridgehead atoms. The lowest BCUT2D eigenvalue weighted by molar-refractivity contribution is -0.143. The molecule has 8 N–H and O–H groups in total. The monoisotopic (exact) mass is 577 g/mol. The quantitative estimate of drug-likeness (QED) is 0.147. The number of amides is 5. The van der Waals surface area contributed by atoms with Gasteiger partial charge in [0.1, 0.15) is 35.7 Å². The topological polar surface area (TPSA) is 228 Å². The van der Waals surface area contributed by atoms with Crippen LogP contribution >= 0.6 is 0 Å². The lowest BCUT2D eigenvalue weighted by atomic mass is 9.97. The van der Waals surface area contributed by atoms with E-state index in [1.165, 1.54) is 11.0 Å². The highest BCUT2D eigenvalue weighted by Gasteiger charge is 2.40.